The summed E-state index contributed by atoms with van der Waals surface area (Å²) >= 11 is 0. The second kappa shape index (κ2) is 8.52. The first kappa shape index (κ1) is 22.6. The molecule has 0 aliphatic carbocycles. The molecule has 1 spiro atoms. The van der Waals surface area contributed by atoms with E-state index in [2.05, 4.69) is 6.58 Å². The molecule has 2 aromatic carbocycles. The first-order valence-electron chi connectivity index (χ1n) is 11.7. The Kier molecular flexibility index (Phi) is 5.65. The van der Waals surface area contributed by atoms with Gasteiger partial charge in [0.2, 0.25) is 5.91 Å². The van der Waals surface area contributed by atoms with Crippen LogP contribution in [0.4, 0.5) is 5.69 Å². The molecule has 5 atom stereocenters. The average Bonchev–Trinajstić information content (AvgIpc) is 3.48. The van der Waals surface area contributed by atoms with Crippen LogP contribution in [0.5, 0.6) is 0 Å². The fourth-order valence-electron chi connectivity index (χ4n) is 6.14. The zero-order chi connectivity index (χ0) is 24.0. The zero-order valence-corrected chi connectivity index (χ0v) is 18.8. The summed E-state index contributed by atoms with van der Waals surface area (Å²) in [5.74, 6) is -3.64. The molecule has 2 aromatic rings. The maximum atomic E-state index is 14.2. The smallest absolute Gasteiger partial charge is 0.310 e. The average molecular weight is 465 g/mol. The lowest BCUT2D eigenvalue weighted by Crippen LogP contribution is -2.56. The topological polar surface area (TPSA) is 107 Å². The SMILES string of the molecule is C=CCN(C(=O)[C@H]1N(CCCO)C(=O)[C@@H]2[C@@H](C(=O)O)[C@H]3CC[C@]21O3)c1ccc2ccccc2c1. The third kappa shape index (κ3) is 3.24. The van der Waals surface area contributed by atoms with Crippen LogP contribution >= 0.6 is 0 Å². The summed E-state index contributed by atoms with van der Waals surface area (Å²) in [5, 5.41) is 21.3. The van der Waals surface area contributed by atoms with Gasteiger partial charge in [0.15, 0.2) is 0 Å². The molecule has 0 saturated carbocycles. The van der Waals surface area contributed by atoms with Crippen molar-refractivity contribution in [3.8, 4) is 0 Å². The van der Waals surface area contributed by atoms with Gasteiger partial charge in [-0.25, -0.2) is 0 Å². The monoisotopic (exact) mass is 464 g/mol. The number of aliphatic carboxylic acids is 1. The molecular weight excluding hydrogens is 436 g/mol. The maximum absolute atomic E-state index is 14.2. The number of hydrogen-bond acceptors (Lipinski definition) is 5. The van der Waals surface area contributed by atoms with Gasteiger partial charge in [-0.05, 0) is 42.2 Å². The Morgan fingerprint density at radius 2 is 2.00 bits per heavy atom. The predicted octanol–water partition coefficient (Wildman–Crippen LogP) is 2.20. The molecule has 2 N–H and O–H groups in total. The van der Waals surface area contributed by atoms with Crippen molar-refractivity contribution in [2.75, 3.05) is 24.6 Å². The van der Waals surface area contributed by atoms with E-state index in [9.17, 15) is 24.6 Å². The molecule has 8 heteroatoms. The van der Waals surface area contributed by atoms with Crippen LogP contribution in [0.25, 0.3) is 10.8 Å². The molecule has 178 valence electrons. The normalized spacial score (nSPS) is 29.4. The van der Waals surface area contributed by atoms with Crippen molar-refractivity contribution in [1.29, 1.82) is 0 Å². The number of rotatable bonds is 8. The van der Waals surface area contributed by atoms with Gasteiger partial charge in [-0.1, -0.05) is 36.4 Å². The van der Waals surface area contributed by atoms with Gasteiger partial charge in [-0.15, -0.1) is 6.58 Å². The van der Waals surface area contributed by atoms with Gasteiger partial charge < -0.3 is 24.7 Å². The third-order valence-electron chi connectivity index (χ3n) is 7.50. The fourth-order valence-corrected chi connectivity index (χ4v) is 6.14. The summed E-state index contributed by atoms with van der Waals surface area (Å²) in [7, 11) is 0. The van der Waals surface area contributed by atoms with Gasteiger partial charge >= 0.3 is 5.97 Å². The van der Waals surface area contributed by atoms with Gasteiger partial charge in [0.05, 0.1) is 17.9 Å². The summed E-state index contributed by atoms with van der Waals surface area (Å²) in [5.41, 5.74) is -0.506. The lowest BCUT2D eigenvalue weighted by Gasteiger charge is -2.36. The second-order valence-corrected chi connectivity index (χ2v) is 9.27. The number of carbonyl (C=O) groups is 3. The van der Waals surface area contributed by atoms with Crippen molar-refractivity contribution >= 4 is 34.2 Å². The van der Waals surface area contributed by atoms with Gasteiger partial charge in [0.25, 0.3) is 5.91 Å². The molecule has 0 radical (unpaired) electrons. The molecule has 3 aliphatic heterocycles. The number of fused-ring (bicyclic) bond motifs is 2. The van der Waals surface area contributed by atoms with E-state index in [1.54, 1.807) is 11.0 Å². The van der Waals surface area contributed by atoms with Crippen molar-refractivity contribution in [3.63, 3.8) is 0 Å². The Morgan fingerprint density at radius 3 is 2.71 bits per heavy atom. The molecule has 5 rings (SSSR count). The molecule has 0 aromatic heterocycles. The minimum absolute atomic E-state index is 0.144. The van der Waals surface area contributed by atoms with Crippen molar-refractivity contribution < 1.29 is 29.3 Å². The van der Waals surface area contributed by atoms with E-state index in [0.717, 1.165) is 10.8 Å². The van der Waals surface area contributed by atoms with Crippen LogP contribution in [0.1, 0.15) is 19.3 Å². The van der Waals surface area contributed by atoms with Crippen molar-refractivity contribution in [2.45, 2.75) is 37.0 Å². The molecule has 8 nitrogen and oxygen atoms in total. The summed E-state index contributed by atoms with van der Waals surface area (Å²) in [4.78, 5) is 42.8. The van der Waals surface area contributed by atoms with Crippen LogP contribution in [-0.2, 0) is 19.1 Å². The summed E-state index contributed by atoms with van der Waals surface area (Å²) < 4.78 is 6.23. The highest BCUT2D eigenvalue weighted by Gasteiger charge is 2.74. The van der Waals surface area contributed by atoms with Crippen molar-refractivity contribution in [3.05, 3.63) is 55.1 Å². The van der Waals surface area contributed by atoms with E-state index in [4.69, 9.17) is 4.74 Å². The number of likely N-dealkylation sites (tertiary alicyclic amines) is 1. The van der Waals surface area contributed by atoms with E-state index in [0.29, 0.717) is 18.5 Å². The first-order chi connectivity index (χ1) is 16.4. The Balaban J connectivity index is 1.57. The van der Waals surface area contributed by atoms with Gasteiger partial charge in [0, 0.05) is 25.4 Å². The number of carboxylic acids is 1. The highest BCUT2D eigenvalue weighted by atomic mass is 16.5. The molecule has 3 heterocycles. The van der Waals surface area contributed by atoms with E-state index >= 15 is 0 Å². The highest BCUT2D eigenvalue weighted by Crippen LogP contribution is 2.58. The fraction of sp³-hybridized carbons (Fsp3) is 0.423. The largest absolute Gasteiger partial charge is 0.481 e. The van der Waals surface area contributed by atoms with E-state index < -0.39 is 35.6 Å². The maximum Gasteiger partial charge on any atom is 0.310 e. The van der Waals surface area contributed by atoms with E-state index in [1.807, 2.05) is 42.5 Å². The number of hydrogen-bond donors (Lipinski definition) is 2. The third-order valence-corrected chi connectivity index (χ3v) is 7.50. The first-order valence-corrected chi connectivity index (χ1v) is 11.7. The minimum atomic E-state index is -1.17. The molecule has 34 heavy (non-hydrogen) atoms. The number of amides is 2. The Labute approximate surface area is 197 Å². The highest BCUT2D eigenvalue weighted by molar-refractivity contribution is 6.05. The molecule has 2 amide bonds. The summed E-state index contributed by atoms with van der Waals surface area (Å²) in [6.07, 6.45) is 2.29. The number of aliphatic hydroxyl groups excluding tert-OH is 1. The number of carbonyl (C=O) groups excluding carboxylic acids is 2. The number of aliphatic hydroxyl groups is 1. The zero-order valence-electron chi connectivity index (χ0n) is 18.8. The van der Waals surface area contributed by atoms with Crippen LogP contribution in [0.2, 0.25) is 0 Å². The lowest BCUT2D eigenvalue weighted by atomic mass is 9.70. The van der Waals surface area contributed by atoms with Crippen LogP contribution in [0.3, 0.4) is 0 Å². The molecule has 3 fully saturated rings. The number of benzene rings is 2. The van der Waals surface area contributed by atoms with E-state index in [1.165, 1.54) is 4.90 Å². The van der Waals surface area contributed by atoms with Crippen LogP contribution in [0.15, 0.2) is 55.1 Å². The van der Waals surface area contributed by atoms with Crippen molar-refractivity contribution in [2.24, 2.45) is 11.8 Å². The predicted molar refractivity (Wildman–Crippen MR) is 125 cm³/mol. The van der Waals surface area contributed by atoms with Crippen LogP contribution < -0.4 is 4.90 Å². The van der Waals surface area contributed by atoms with Gasteiger partial charge in [0.1, 0.15) is 11.6 Å². The lowest BCUT2D eigenvalue weighted by molar-refractivity contribution is -0.149. The number of anilines is 1. The molecule has 2 bridgehead atoms. The number of ether oxygens (including phenoxy) is 1. The van der Waals surface area contributed by atoms with Crippen LogP contribution in [0, 0.1) is 11.8 Å². The van der Waals surface area contributed by atoms with Crippen molar-refractivity contribution in [1.82, 2.24) is 4.90 Å². The minimum Gasteiger partial charge on any atom is -0.481 e. The summed E-state index contributed by atoms with van der Waals surface area (Å²) in [6, 6.07) is 12.6. The number of nitrogens with zero attached hydrogens (tertiary/aromatic N) is 2. The Bertz CT molecular complexity index is 1160. The standard InChI is InChI=1S/C26H28N2O6/c1-2-12-27(18-9-8-16-6-3-4-7-17(16)15-18)24(31)22-26-11-10-19(34-26)20(25(32)33)21(26)23(30)28(22)13-5-14-29/h2-4,6-9,15,19-22,29H,1,5,10-14H2,(H,32,33)/t19-,20+,21+,22-,26+/m1/s1. The quantitative estimate of drug-likeness (QED) is 0.580. The Morgan fingerprint density at radius 1 is 1.24 bits per heavy atom. The van der Waals surface area contributed by atoms with Gasteiger partial charge in [-0.2, -0.15) is 0 Å². The van der Waals surface area contributed by atoms with Crippen LogP contribution in [-0.4, -0.2) is 70.3 Å². The molecular formula is C26H28N2O6. The molecule has 3 saturated heterocycles. The second-order valence-electron chi connectivity index (χ2n) is 9.27. The molecule has 3 aliphatic rings. The van der Waals surface area contributed by atoms with E-state index in [-0.39, 0.29) is 37.9 Å². The van der Waals surface area contributed by atoms with Gasteiger partial charge in [-0.3, -0.25) is 14.4 Å². The summed E-state index contributed by atoms with van der Waals surface area (Å²) in [6.45, 7) is 4.05. The Hall–Kier alpha value is -3.23. The number of carboxylic acid groups (broad SMARTS) is 1. The molecule has 0 unspecified atom stereocenters.